The van der Waals surface area contributed by atoms with E-state index in [9.17, 15) is 4.79 Å². The normalized spacial score (nSPS) is 18.5. The molecule has 1 aliphatic rings. The van der Waals surface area contributed by atoms with Crippen molar-refractivity contribution < 1.29 is 10.0 Å². The minimum absolute atomic E-state index is 0.0326. The van der Waals surface area contributed by atoms with Crippen LogP contribution in [-0.2, 0) is 18.4 Å². The van der Waals surface area contributed by atoms with Crippen LogP contribution < -0.4 is 5.73 Å². The first-order chi connectivity index (χ1) is 9.99. The van der Waals surface area contributed by atoms with Crippen molar-refractivity contribution >= 4 is 11.7 Å². The molecule has 1 aromatic heterocycles. The summed E-state index contributed by atoms with van der Waals surface area (Å²) in [5, 5.41) is 16.3. The van der Waals surface area contributed by atoms with Gasteiger partial charge >= 0.3 is 0 Å². The van der Waals surface area contributed by atoms with E-state index in [1.165, 1.54) is 0 Å². The molecule has 0 aliphatic heterocycles. The Labute approximate surface area is 124 Å². The van der Waals surface area contributed by atoms with Crippen LogP contribution in [0.15, 0.2) is 17.5 Å². The SMILES string of the molecule is CN(Cc1cnn(C)c1)C(=O)C1(C(N)=NO)CCCCC1. The molecule has 1 aliphatic carbocycles. The first-order valence-corrected chi connectivity index (χ1v) is 7.21. The van der Waals surface area contributed by atoms with Crippen molar-refractivity contribution in [3.05, 3.63) is 18.0 Å². The van der Waals surface area contributed by atoms with E-state index >= 15 is 0 Å². The molecule has 1 amide bonds. The Bertz CT molecular complexity index is 531. The second-order valence-corrected chi connectivity index (χ2v) is 5.81. The molecule has 0 unspecified atom stereocenters. The average molecular weight is 293 g/mol. The van der Waals surface area contributed by atoms with Crippen molar-refractivity contribution in [1.29, 1.82) is 0 Å². The van der Waals surface area contributed by atoms with Crippen LogP contribution in [0.3, 0.4) is 0 Å². The number of nitrogens with zero attached hydrogens (tertiary/aromatic N) is 4. The predicted molar refractivity (Wildman–Crippen MR) is 78.6 cm³/mol. The second kappa shape index (κ2) is 6.15. The van der Waals surface area contributed by atoms with Gasteiger partial charge in [-0.2, -0.15) is 5.10 Å². The second-order valence-electron chi connectivity index (χ2n) is 5.81. The van der Waals surface area contributed by atoms with Crippen LogP contribution in [0.5, 0.6) is 0 Å². The van der Waals surface area contributed by atoms with Crippen LogP contribution in [0.2, 0.25) is 0 Å². The molecule has 2 rings (SSSR count). The first kappa shape index (κ1) is 15.3. The summed E-state index contributed by atoms with van der Waals surface area (Å²) in [5.41, 5.74) is 5.95. The van der Waals surface area contributed by atoms with Crippen LogP contribution in [0.1, 0.15) is 37.7 Å². The zero-order chi connectivity index (χ0) is 15.5. The standard InChI is InChI=1S/C14H23N5O2/c1-18(9-11-8-16-19(2)10-11)13(20)14(12(15)17-21)6-4-3-5-7-14/h8,10,21H,3-7,9H2,1-2H3,(H2,15,17). The fourth-order valence-electron chi connectivity index (χ4n) is 3.10. The first-order valence-electron chi connectivity index (χ1n) is 7.21. The van der Waals surface area contributed by atoms with Crippen molar-refractivity contribution in [2.75, 3.05) is 7.05 Å². The monoisotopic (exact) mass is 293 g/mol. The van der Waals surface area contributed by atoms with Gasteiger partial charge in [-0.3, -0.25) is 9.48 Å². The average Bonchev–Trinajstić information content (AvgIpc) is 2.91. The molecule has 21 heavy (non-hydrogen) atoms. The zero-order valence-corrected chi connectivity index (χ0v) is 12.6. The van der Waals surface area contributed by atoms with Gasteiger partial charge in [0.25, 0.3) is 0 Å². The highest BCUT2D eigenvalue weighted by Crippen LogP contribution is 2.38. The molecule has 0 spiro atoms. The summed E-state index contributed by atoms with van der Waals surface area (Å²) in [6.07, 6.45) is 7.81. The van der Waals surface area contributed by atoms with E-state index in [0.717, 1.165) is 24.8 Å². The van der Waals surface area contributed by atoms with E-state index in [1.54, 1.807) is 22.8 Å². The zero-order valence-electron chi connectivity index (χ0n) is 12.6. The number of rotatable bonds is 4. The Morgan fingerprint density at radius 2 is 2.19 bits per heavy atom. The largest absolute Gasteiger partial charge is 0.409 e. The highest BCUT2D eigenvalue weighted by atomic mass is 16.4. The molecule has 1 fully saturated rings. The number of aryl methyl sites for hydroxylation is 1. The van der Waals surface area contributed by atoms with E-state index in [4.69, 9.17) is 10.9 Å². The molecule has 116 valence electrons. The molecule has 7 heteroatoms. The van der Waals surface area contributed by atoms with Crippen LogP contribution in [-0.4, -0.2) is 38.7 Å². The molecule has 0 atom stereocenters. The molecule has 1 saturated carbocycles. The summed E-state index contributed by atoms with van der Waals surface area (Å²) in [6.45, 7) is 0.465. The van der Waals surface area contributed by atoms with Gasteiger partial charge in [0.05, 0.1) is 6.20 Å². The van der Waals surface area contributed by atoms with Crippen LogP contribution >= 0.6 is 0 Å². The van der Waals surface area contributed by atoms with Gasteiger partial charge in [0, 0.05) is 32.4 Å². The van der Waals surface area contributed by atoms with Gasteiger partial charge in [0.1, 0.15) is 5.41 Å². The third kappa shape index (κ3) is 3.01. The molecule has 1 aromatic rings. The van der Waals surface area contributed by atoms with Crippen molar-refractivity contribution in [3.63, 3.8) is 0 Å². The van der Waals surface area contributed by atoms with Gasteiger partial charge in [-0.05, 0) is 12.8 Å². The number of carbonyl (C=O) groups excluding carboxylic acids is 1. The maximum Gasteiger partial charge on any atom is 0.236 e. The van der Waals surface area contributed by atoms with Gasteiger partial charge in [0.15, 0.2) is 5.84 Å². The number of hydrogen-bond acceptors (Lipinski definition) is 4. The fourth-order valence-corrected chi connectivity index (χ4v) is 3.10. The summed E-state index contributed by atoms with van der Waals surface area (Å²) in [5.74, 6) is -0.0495. The highest BCUT2D eigenvalue weighted by Gasteiger charge is 2.45. The molecule has 0 bridgehead atoms. The smallest absolute Gasteiger partial charge is 0.236 e. The molecular weight excluding hydrogens is 270 g/mol. The summed E-state index contributed by atoms with van der Waals surface area (Å²) >= 11 is 0. The summed E-state index contributed by atoms with van der Waals surface area (Å²) in [7, 11) is 3.58. The molecule has 0 radical (unpaired) electrons. The fraction of sp³-hybridized carbons (Fsp3) is 0.643. The number of oxime groups is 1. The molecule has 3 N–H and O–H groups in total. The maximum absolute atomic E-state index is 12.9. The lowest BCUT2D eigenvalue weighted by molar-refractivity contribution is -0.139. The van der Waals surface area contributed by atoms with Crippen LogP contribution in [0.25, 0.3) is 0 Å². The van der Waals surface area contributed by atoms with Gasteiger partial charge in [-0.15, -0.1) is 0 Å². The number of amidine groups is 1. The quantitative estimate of drug-likeness (QED) is 0.375. The molecule has 7 nitrogen and oxygen atoms in total. The van der Waals surface area contributed by atoms with Gasteiger partial charge < -0.3 is 15.8 Å². The summed E-state index contributed by atoms with van der Waals surface area (Å²) < 4.78 is 1.70. The van der Waals surface area contributed by atoms with Gasteiger partial charge in [-0.1, -0.05) is 24.4 Å². The lowest BCUT2D eigenvalue weighted by atomic mass is 9.72. The van der Waals surface area contributed by atoms with Crippen molar-refractivity contribution in [3.8, 4) is 0 Å². The summed E-state index contributed by atoms with van der Waals surface area (Å²) in [4.78, 5) is 14.5. The Hall–Kier alpha value is -2.05. The maximum atomic E-state index is 12.9. The third-order valence-electron chi connectivity index (χ3n) is 4.24. The Morgan fingerprint density at radius 1 is 1.52 bits per heavy atom. The number of nitrogens with two attached hydrogens (primary N) is 1. The predicted octanol–water partition coefficient (Wildman–Crippen LogP) is 1.08. The minimum Gasteiger partial charge on any atom is -0.409 e. The Balaban J connectivity index is 2.17. The Kier molecular flexibility index (Phi) is 4.50. The van der Waals surface area contributed by atoms with E-state index < -0.39 is 5.41 Å². The van der Waals surface area contributed by atoms with Gasteiger partial charge in [-0.25, -0.2) is 0 Å². The van der Waals surface area contributed by atoms with E-state index in [2.05, 4.69) is 10.3 Å². The molecular formula is C14H23N5O2. The van der Waals surface area contributed by atoms with Crippen LogP contribution in [0.4, 0.5) is 0 Å². The van der Waals surface area contributed by atoms with Gasteiger partial charge in [0.2, 0.25) is 5.91 Å². The van der Waals surface area contributed by atoms with E-state index in [1.807, 2.05) is 13.2 Å². The van der Waals surface area contributed by atoms with Crippen molar-refractivity contribution in [1.82, 2.24) is 14.7 Å². The number of aromatic nitrogens is 2. The van der Waals surface area contributed by atoms with Crippen molar-refractivity contribution in [2.45, 2.75) is 38.6 Å². The molecule has 1 heterocycles. The minimum atomic E-state index is -0.857. The molecule has 0 aromatic carbocycles. The number of hydrogen-bond donors (Lipinski definition) is 2. The Morgan fingerprint density at radius 3 is 2.71 bits per heavy atom. The summed E-state index contributed by atoms with van der Waals surface area (Å²) in [6, 6.07) is 0. The lowest BCUT2D eigenvalue weighted by Crippen LogP contribution is -2.51. The lowest BCUT2D eigenvalue weighted by Gasteiger charge is -2.37. The third-order valence-corrected chi connectivity index (χ3v) is 4.24. The van der Waals surface area contributed by atoms with E-state index in [-0.39, 0.29) is 11.7 Å². The van der Waals surface area contributed by atoms with Crippen LogP contribution in [0, 0.1) is 5.41 Å². The topological polar surface area (TPSA) is 96.7 Å². The number of amides is 1. The van der Waals surface area contributed by atoms with Crippen molar-refractivity contribution in [2.24, 2.45) is 23.4 Å². The number of carbonyl (C=O) groups is 1. The highest BCUT2D eigenvalue weighted by molar-refractivity contribution is 6.06. The molecule has 0 saturated heterocycles. The van der Waals surface area contributed by atoms with E-state index in [0.29, 0.717) is 19.4 Å².